The predicted molar refractivity (Wildman–Crippen MR) is 81.9 cm³/mol. The number of benzene rings is 1. The van der Waals surface area contributed by atoms with E-state index < -0.39 is 6.10 Å². The Morgan fingerprint density at radius 3 is 2.53 bits per heavy atom. The molecule has 2 atom stereocenters. The summed E-state index contributed by atoms with van der Waals surface area (Å²) in [5.41, 5.74) is 7.01. The molecule has 4 heteroatoms. The molecule has 0 aromatic heterocycles. The zero-order chi connectivity index (χ0) is 13.5. The maximum absolute atomic E-state index is 10.1. The van der Waals surface area contributed by atoms with Crippen molar-refractivity contribution in [3.05, 3.63) is 29.8 Å². The summed E-state index contributed by atoms with van der Waals surface area (Å²) in [4.78, 5) is 0. The molecule has 110 valence electrons. The Hall–Kier alpha value is -0.770. The van der Waals surface area contributed by atoms with Crippen molar-refractivity contribution in [2.24, 2.45) is 11.7 Å². The summed E-state index contributed by atoms with van der Waals surface area (Å²) in [6.45, 7) is 6.88. The van der Waals surface area contributed by atoms with Crippen LogP contribution in [0.2, 0.25) is 0 Å². The lowest BCUT2D eigenvalue weighted by molar-refractivity contribution is 0.128. The fourth-order valence-corrected chi connectivity index (χ4v) is 1.88. The third-order valence-electron chi connectivity index (χ3n) is 3.01. The van der Waals surface area contributed by atoms with Gasteiger partial charge in [-0.05, 0) is 43.4 Å². The second-order valence-corrected chi connectivity index (χ2v) is 5.07. The summed E-state index contributed by atoms with van der Waals surface area (Å²) in [6.07, 6.45) is 1.22. The highest BCUT2D eigenvalue weighted by atomic mass is 35.5. The molecule has 0 aliphatic heterocycles. The first-order valence-corrected chi connectivity index (χ1v) is 6.71. The van der Waals surface area contributed by atoms with E-state index in [1.807, 2.05) is 31.2 Å². The maximum Gasteiger partial charge on any atom is 0.119 e. The Labute approximate surface area is 122 Å². The number of hydrogen-bond donors (Lipinski definition) is 2. The highest BCUT2D eigenvalue weighted by molar-refractivity contribution is 5.85. The molecule has 0 amide bonds. The molecule has 0 saturated heterocycles. The molecule has 0 fully saturated rings. The Kier molecular flexibility index (Phi) is 8.81. The molecule has 0 bridgehead atoms. The number of aliphatic hydroxyl groups excluding tert-OH is 1. The SMILES string of the molecule is CCOc1cccc([C@H](N)[C@H](O)CCC(C)C)c1.Cl. The average Bonchev–Trinajstić information content (AvgIpc) is 2.35. The first-order chi connectivity index (χ1) is 8.54. The van der Waals surface area contributed by atoms with E-state index in [2.05, 4.69) is 13.8 Å². The van der Waals surface area contributed by atoms with E-state index in [9.17, 15) is 5.11 Å². The molecule has 0 aliphatic rings. The first kappa shape index (κ1) is 18.2. The van der Waals surface area contributed by atoms with Crippen LogP contribution in [-0.4, -0.2) is 17.8 Å². The van der Waals surface area contributed by atoms with Crippen LogP contribution in [0.3, 0.4) is 0 Å². The van der Waals surface area contributed by atoms with E-state index in [1.54, 1.807) is 0 Å². The highest BCUT2D eigenvalue weighted by Gasteiger charge is 2.17. The Morgan fingerprint density at radius 2 is 1.95 bits per heavy atom. The second-order valence-electron chi connectivity index (χ2n) is 5.07. The summed E-state index contributed by atoms with van der Waals surface area (Å²) in [5, 5.41) is 10.1. The lowest BCUT2D eigenvalue weighted by Crippen LogP contribution is -2.26. The van der Waals surface area contributed by atoms with E-state index in [4.69, 9.17) is 10.5 Å². The molecule has 1 aromatic carbocycles. The molecule has 0 aliphatic carbocycles. The average molecular weight is 288 g/mol. The third-order valence-corrected chi connectivity index (χ3v) is 3.01. The molecule has 19 heavy (non-hydrogen) atoms. The zero-order valence-corrected chi connectivity index (χ0v) is 12.8. The van der Waals surface area contributed by atoms with Crippen molar-refractivity contribution < 1.29 is 9.84 Å². The van der Waals surface area contributed by atoms with E-state index in [0.29, 0.717) is 12.5 Å². The molecule has 0 heterocycles. The normalized spacial score (nSPS) is 13.8. The number of hydrogen-bond acceptors (Lipinski definition) is 3. The lowest BCUT2D eigenvalue weighted by atomic mass is 9.96. The van der Waals surface area contributed by atoms with Crippen molar-refractivity contribution in [3.8, 4) is 5.75 Å². The van der Waals surface area contributed by atoms with Crippen LogP contribution in [0.15, 0.2) is 24.3 Å². The number of halogens is 1. The third kappa shape index (κ3) is 6.28. The number of ether oxygens (including phenoxy) is 1. The van der Waals surface area contributed by atoms with E-state index in [0.717, 1.165) is 24.2 Å². The van der Waals surface area contributed by atoms with Crippen LogP contribution in [0.25, 0.3) is 0 Å². The summed E-state index contributed by atoms with van der Waals surface area (Å²) in [7, 11) is 0. The largest absolute Gasteiger partial charge is 0.494 e. The van der Waals surface area contributed by atoms with Crippen molar-refractivity contribution >= 4 is 12.4 Å². The zero-order valence-electron chi connectivity index (χ0n) is 12.0. The van der Waals surface area contributed by atoms with Crippen molar-refractivity contribution in [1.82, 2.24) is 0 Å². The van der Waals surface area contributed by atoms with Gasteiger partial charge < -0.3 is 15.6 Å². The standard InChI is InChI=1S/C15H25NO2.ClH/c1-4-18-13-7-5-6-12(10-13)15(16)14(17)9-8-11(2)3;/h5-7,10-11,14-15,17H,4,8-9,16H2,1-3H3;1H/t14-,15+;/m1./s1. The molecule has 0 radical (unpaired) electrons. The van der Waals surface area contributed by atoms with Gasteiger partial charge in [-0.1, -0.05) is 26.0 Å². The van der Waals surface area contributed by atoms with Crippen LogP contribution in [0.1, 0.15) is 45.2 Å². The number of nitrogens with two attached hydrogens (primary N) is 1. The minimum atomic E-state index is -0.496. The van der Waals surface area contributed by atoms with E-state index in [1.165, 1.54) is 0 Å². The predicted octanol–water partition coefficient (Wildman–Crippen LogP) is 3.30. The van der Waals surface area contributed by atoms with Crippen LogP contribution < -0.4 is 10.5 Å². The first-order valence-electron chi connectivity index (χ1n) is 6.71. The Balaban J connectivity index is 0.00000324. The van der Waals surface area contributed by atoms with Gasteiger partial charge in [0.2, 0.25) is 0 Å². The molecular formula is C15H26ClNO2. The van der Waals surface area contributed by atoms with Crippen LogP contribution in [0.5, 0.6) is 5.75 Å². The van der Waals surface area contributed by atoms with Gasteiger partial charge >= 0.3 is 0 Å². The molecule has 1 rings (SSSR count). The van der Waals surface area contributed by atoms with Gasteiger partial charge in [-0.3, -0.25) is 0 Å². The van der Waals surface area contributed by atoms with Crippen LogP contribution in [-0.2, 0) is 0 Å². The van der Waals surface area contributed by atoms with Crippen LogP contribution >= 0.6 is 12.4 Å². The van der Waals surface area contributed by atoms with Gasteiger partial charge in [0.05, 0.1) is 18.8 Å². The quantitative estimate of drug-likeness (QED) is 0.809. The summed E-state index contributed by atoms with van der Waals surface area (Å²) in [6, 6.07) is 7.32. The molecule has 1 aromatic rings. The molecular weight excluding hydrogens is 262 g/mol. The van der Waals surface area contributed by atoms with Gasteiger partial charge in [0, 0.05) is 0 Å². The van der Waals surface area contributed by atoms with Crippen LogP contribution in [0.4, 0.5) is 0 Å². The summed E-state index contributed by atoms with van der Waals surface area (Å²) < 4.78 is 5.44. The lowest BCUT2D eigenvalue weighted by Gasteiger charge is -2.20. The molecule has 0 unspecified atom stereocenters. The maximum atomic E-state index is 10.1. The fraction of sp³-hybridized carbons (Fsp3) is 0.600. The smallest absolute Gasteiger partial charge is 0.119 e. The Morgan fingerprint density at radius 1 is 1.26 bits per heavy atom. The van der Waals surface area contributed by atoms with Gasteiger partial charge in [0.1, 0.15) is 5.75 Å². The monoisotopic (exact) mass is 287 g/mol. The topological polar surface area (TPSA) is 55.5 Å². The van der Waals surface area contributed by atoms with Gasteiger partial charge in [-0.15, -0.1) is 12.4 Å². The van der Waals surface area contributed by atoms with Crippen molar-refractivity contribution in [2.75, 3.05) is 6.61 Å². The summed E-state index contributed by atoms with van der Waals surface area (Å²) >= 11 is 0. The van der Waals surface area contributed by atoms with E-state index in [-0.39, 0.29) is 18.4 Å². The highest BCUT2D eigenvalue weighted by Crippen LogP contribution is 2.23. The molecule has 3 nitrogen and oxygen atoms in total. The molecule has 0 spiro atoms. The van der Waals surface area contributed by atoms with Crippen molar-refractivity contribution in [3.63, 3.8) is 0 Å². The van der Waals surface area contributed by atoms with Gasteiger partial charge in [0.25, 0.3) is 0 Å². The molecule has 3 N–H and O–H groups in total. The van der Waals surface area contributed by atoms with Gasteiger partial charge in [-0.25, -0.2) is 0 Å². The summed E-state index contributed by atoms with van der Waals surface area (Å²) in [5.74, 6) is 1.39. The Bertz CT molecular complexity index is 358. The van der Waals surface area contributed by atoms with Gasteiger partial charge in [-0.2, -0.15) is 0 Å². The van der Waals surface area contributed by atoms with Gasteiger partial charge in [0.15, 0.2) is 0 Å². The number of rotatable bonds is 7. The van der Waals surface area contributed by atoms with Crippen LogP contribution in [0, 0.1) is 5.92 Å². The van der Waals surface area contributed by atoms with Crippen molar-refractivity contribution in [2.45, 2.75) is 45.8 Å². The van der Waals surface area contributed by atoms with E-state index >= 15 is 0 Å². The minimum absolute atomic E-state index is 0. The second kappa shape index (κ2) is 9.18. The minimum Gasteiger partial charge on any atom is -0.494 e. The van der Waals surface area contributed by atoms with Crippen molar-refractivity contribution in [1.29, 1.82) is 0 Å². The fourth-order valence-electron chi connectivity index (χ4n) is 1.88. The number of aliphatic hydroxyl groups is 1. The molecule has 0 saturated carbocycles.